The van der Waals surface area contributed by atoms with Crippen LogP contribution in [0.5, 0.6) is 0 Å². The lowest BCUT2D eigenvalue weighted by Crippen LogP contribution is -2.55. The molecule has 1 atom stereocenters. The molecule has 4 rings (SSSR count). The molecule has 1 aromatic heterocycles. The number of unbranched alkanes of at least 4 members (excludes halogenated alkanes) is 2. The number of nitrogens with zero attached hydrogens (tertiary/aromatic N) is 2. The van der Waals surface area contributed by atoms with E-state index in [0.29, 0.717) is 13.1 Å². The van der Waals surface area contributed by atoms with Crippen LogP contribution in [-0.4, -0.2) is 46.8 Å². The van der Waals surface area contributed by atoms with Crippen molar-refractivity contribution in [1.82, 2.24) is 9.88 Å². The second-order valence-electron chi connectivity index (χ2n) is 9.17. The first-order chi connectivity index (χ1) is 15.7. The molecule has 2 aliphatic rings. The molecule has 5 heteroatoms. The van der Waals surface area contributed by atoms with Crippen molar-refractivity contribution in [1.29, 1.82) is 0 Å². The third kappa shape index (κ3) is 5.57. The topological polar surface area (TPSA) is 62.7 Å². The zero-order chi connectivity index (χ0) is 22.3. The van der Waals surface area contributed by atoms with Crippen molar-refractivity contribution in [3.05, 3.63) is 64.5 Å². The number of aliphatic carboxylic acids is 1. The molecule has 0 amide bonds. The van der Waals surface area contributed by atoms with E-state index in [9.17, 15) is 9.90 Å². The van der Waals surface area contributed by atoms with Gasteiger partial charge in [0.25, 0.3) is 0 Å². The summed E-state index contributed by atoms with van der Waals surface area (Å²) in [5.74, 6) is -0.778. The van der Waals surface area contributed by atoms with Crippen LogP contribution in [0.1, 0.15) is 73.1 Å². The quantitative estimate of drug-likeness (QED) is 0.515. The summed E-state index contributed by atoms with van der Waals surface area (Å²) in [7, 11) is 0. The van der Waals surface area contributed by atoms with E-state index >= 15 is 0 Å². The number of aromatic nitrogens is 1. The standard InChI is InChI=1S/C27H36N2O3/c1-2-20-10-5-7-13-24(20)26(27(30)31)29-18-23(19-29)32-17-9-3-4-12-22-16-15-21-11-6-8-14-25(21)28-22/h5,7,10,13,15-16,23,26H,2-4,6,8-9,11-12,14,17-19H2,1H3,(H,30,31)/t26-/m0/s1. The number of ether oxygens (including phenoxy) is 1. The molecule has 1 N–H and O–H groups in total. The van der Waals surface area contributed by atoms with Gasteiger partial charge in [-0.2, -0.15) is 0 Å². The number of rotatable bonds is 11. The molecule has 1 aromatic carbocycles. The SMILES string of the molecule is CCc1ccccc1[C@@H](C(=O)O)N1CC(OCCCCCc2ccc3c(n2)CCCC3)C1. The van der Waals surface area contributed by atoms with Gasteiger partial charge in [-0.1, -0.05) is 43.7 Å². The van der Waals surface area contributed by atoms with E-state index in [4.69, 9.17) is 9.72 Å². The van der Waals surface area contributed by atoms with E-state index in [1.807, 2.05) is 29.2 Å². The molecule has 0 spiro atoms. The van der Waals surface area contributed by atoms with Crippen LogP contribution in [-0.2, 0) is 35.2 Å². The number of likely N-dealkylation sites (tertiary alicyclic amines) is 1. The highest BCUT2D eigenvalue weighted by Crippen LogP contribution is 2.30. The minimum Gasteiger partial charge on any atom is -0.480 e. The third-order valence-corrected chi connectivity index (χ3v) is 6.87. The van der Waals surface area contributed by atoms with Gasteiger partial charge in [0.15, 0.2) is 0 Å². The first-order valence-electron chi connectivity index (χ1n) is 12.3. The number of carboxylic acids is 1. The Labute approximate surface area is 191 Å². The molecule has 1 aliphatic carbocycles. The average Bonchev–Trinajstić information content (AvgIpc) is 2.79. The predicted molar refractivity (Wildman–Crippen MR) is 126 cm³/mol. The molecule has 2 heterocycles. The molecule has 0 saturated carbocycles. The maximum Gasteiger partial charge on any atom is 0.325 e. The summed E-state index contributed by atoms with van der Waals surface area (Å²) in [5, 5.41) is 9.81. The number of hydrogen-bond acceptors (Lipinski definition) is 4. The van der Waals surface area contributed by atoms with Crippen molar-refractivity contribution in [2.75, 3.05) is 19.7 Å². The van der Waals surface area contributed by atoms with Crippen molar-refractivity contribution in [3.8, 4) is 0 Å². The Hall–Kier alpha value is -2.24. The molecule has 32 heavy (non-hydrogen) atoms. The monoisotopic (exact) mass is 436 g/mol. The molecular weight excluding hydrogens is 400 g/mol. The number of pyridine rings is 1. The van der Waals surface area contributed by atoms with Crippen molar-refractivity contribution >= 4 is 5.97 Å². The second-order valence-corrected chi connectivity index (χ2v) is 9.17. The Kier molecular flexibility index (Phi) is 7.93. The fourth-order valence-corrected chi connectivity index (χ4v) is 5.00. The normalized spacial score (nSPS) is 17.5. The Morgan fingerprint density at radius 3 is 2.75 bits per heavy atom. The number of aryl methyl sites for hydroxylation is 4. The predicted octanol–water partition coefficient (Wildman–Crippen LogP) is 4.76. The van der Waals surface area contributed by atoms with E-state index in [0.717, 1.165) is 56.3 Å². The Morgan fingerprint density at radius 2 is 1.94 bits per heavy atom. The molecule has 0 unspecified atom stereocenters. The number of hydrogen-bond donors (Lipinski definition) is 1. The Morgan fingerprint density at radius 1 is 1.12 bits per heavy atom. The van der Waals surface area contributed by atoms with Gasteiger partial charge < -0.3 is 9.84 Å². The summed E-state index contributed by atoms with van der Waals surface area (Å²) >= 11 is 0. The van der Waals surface area contributed by atoms with Crippen LogP contribution in [0.4, 0.5) is 0 Å². The van der Waals surface area contributed by atoms with E-state index in [1.54, 1.807) is 0 Å². The van der Waals surface area contributed by atoms with Crippen LogP contribution in [0, 0.1) is 0 Å². The van der Waals surface area contributed by atoms with Crippen molar-refractivity contribution in [2.24, 2.45) is 0 Å². The summed E-state index contributed by atoms with van der Waals surface area (Å²) in [4.78, 5) is 18.8. The lowest BCUT2D eigenvalue weighted by Gasteiger charge is -2.42. The summed E-state index contributed by atoms with van der Waals surface area (Å²) in [6.07, 6.45) is 10.3. The largest absolute Gasteiger partial charge is 0.480 e. The van der Waals surface area contributed by atoms with Crippen molar-refractivity contribution in [2.45, 2.75) is 76.9 Å². The summed E-state index contributed by atoms with van der Waals surface area (Å²) < 4.78 is 6.01. The first-order valence-corrected chi connectivity index (χ1v) is 12.3. The Bertz CT molecular complexity index is 908. The zero-order valence-corrected chi connectivity index (χ0v) is 19.3. The van der Waals surface area contributed by atoms with Gasteiger partial charge in [0.2, 0.25) is 0 Å². The fourth-order valence-electron chi connectivity index (χ4n) is 5.00. The van der Waals surface area contributed by atoms with Crippen LogP contribution in [0.2, 0.25) is 0 Å². The van der Waals surface area contributed by atoms with Gasteiger partial charge >= 0.3 is 5.97 Å². The van der Waals surface area contributed by atoms with E-state index in [-0.39, 0.29) is 6.10 Å². The zero-order valence-electron chi connectivity index (χ0n) is 19.3. The average molecular weight is 437 g/mol. The molecule has 0 bridgehead atoms. The van der Waals surface area contributed by atoms with Gasteiger partial charge in [-0.3, -0.25) is 14.7 Å². The number of carboxylic acid groups (broad SMARTS) is 1. The van der Waals surface area contributed by atoms with E-state index in [1.165, 1.54) is 36.2 Å². The van der Waals surface area contributed by atoms with Gasteiger partial charge in [0.1, 0.15) is 6.04 Å². The summed E-state index contributed by atoms with van der Waals surface area (Å²) in [6, 6.07) is 11.8. The van der Waals surface area contributed by atoms with Gasteiger partial charge in [-0.15, -0.1) is 0 Å². The van der Waals surface area contributed by atoms with Gasteiger partial charge in [-0.25, -0.2) is 0 Å². The van der Waals surface area contributed by atoms with Crippen molar-refractivity contribution < 1.29 is 14.6 Å². The molecule has 2 aromatic rings. The van der Waals surface area contributed by atoms with E-state index in [2.05, 4.69) is 19.1 Å². The molecule has 5 nitrogen and oxygen atoms in total. The van der Waals surface area contributed by atoms with Crippen molar-refractivity contribution in [3.63, 3.8) is 0 Å². The molecule has 1 fully saturated rings. The molecule has 1 aliphatic heterocycles. The van der Waals surface area contributed by atoms with Crippen LogP contribution in [0.3, 0.4) is 0 Å². The smallest absolute Gasteiger partial charge is 0.325 e. The Balaban J connectivity index is 1.14. The minimum absolute atomic E-state index is 0.146. The first kappa shape index (κ1) is 22.9. The minimum atomic E-state index is -0.778. The lowest BCUT2D eigenvalue weighted by molar-refractivity contribution is -0.151. The highest BCUT2D eigenvalue weighted by Gasteiger charge is 2.38. The summed E-state index contributed by atoms with van der Waals surface area (Å²) in [5.41, 5.74) is 6.03. The number of fused-ring (bicyclic) bond motifs is 1. The van der Waals surface area contributed by atoms with Gasteiger partial charge in [0.05, 0.1) is 6.10 Å². The van der Waals surface area contributed by atoms with Crippen LogP contribution in [0.25, 0.3) is 0 Å². The lowest BCUT2D eigenvalue weighted by atomic mass is 9.95. The van der Waals surface area contributed by atoms with Crippen LogP contribution < -0.4 is 0 Å². The fraction of sp³-hybridized carbons (Fsp3) is 0.556. The van der Waals surface area contributed by atoms with E-state index < -0.39 is 12.0 Å². The van der Waals surface area contributed by atoms with Crippen LogP contribution >= 0.6 is 0 Å². The van der Waals surface area contributed by atoms with Gasteiger partial charge in [-0.05, 0) is 74.1 Å². The second kappa shape index (κ2) is 11.1. The molecular formula is C27H36N2O3. The summed E-state index contributed by atoms with van der Waals surface area (Å²) in [6.45, 7) is 4.20. The number of carbonyl (C=O) groups is 1. The van der Waals surface area contributed by atoms with Gasteiger partial charge in [0, 0.05) is 31.1 Å². The van der Waals surface area contributed by atoms with Crippen LogP contribution in [0.15, 0.2) is 36.4 Å². The maximum absolute atomic E-state index is 11.9. The molecule has 172 valence electrons. The molecule has 0 radical (unpaired) electrons. The number of benzene rings is 1. The third-order valence-electron chi connectivity index (χ3n) is 6.87. The highest BCUT2D eigenvalue weighted by atomic mass is 16.5. The maximum atomic E-state index is 11.9. The highest BCUT2D eigenvalue weighted by molar-refractivity contribution is 5.76. The molecule has 1 saturated heterocycles.